The van der Waals surface area contributed by atoms with Gasteiger partial charge < -0.3 is 5.32 Å². The zero-order chi connectivity index (χ0) is 11.5. The van der Waals surface area contributed by atoms with Gasteiger partial charge in [0.15, 0.2) is 0 Å². The van der Waals surface area contributed by atoms with Gasteiger partial charge in [-0.05, 0) is 7.05 Å². The van der Waals surface area contributed by atoms with Gasteiger partial charge in [-0.25, -0.2) is 0 Å². The lowest BCUT2D eigenvalue weighted by molar-refractivity contribution is -0.144. The van der Waals surface area contributed by atoms with Crippen molar-refractivity contribution in [2.45, 2.75) is 12.7 Å². The predicted octanol–water partition coefficient (Wildman–Crippen LogP) is 1.57. The van der Waals surface area contributed by atoms with Gasteiger partial charge in [0.25, 0.3) is 0 Å². The summed E-state index contributed by atoms with van der Waals surface area (Å²) in [6, 6.07) is 0. The second-order valence-corrected chi connectivity index (χ2v) is 4.10. The Morgan fingerprint density at radius 1 is 1.40 bits per heavy atom. The van der Waals surface area contributed by atoms with E-state index in [9.17, 15) is 13.2 Å². The molecule has 1 rings (SSSR count). The van der Waals surface area contributed by atoms with Gasteiger partial charge in [0.1, 0.15) is 5.01 Å². The summed E-state index contributed by atoms with van der Waals surface area (Å²) in [6.45, 7) is -0.791. The Balaban J connectivity index is 2.47. The summed E-state index contributed by atoms with van der Waals surface area (Å²) in [5, 5.41) is 11.4. The van der Waals surface area contributed by atoms with Crippen molar-refractivity contribution in [1.82, 2.24) is 15.1 Å². The second-order valence-electron chi connectivity index (χ2n) is 3.04. The molecule has 0 amide bonds. The standard InChI is InChI=1S/C7H11F3N4S/c1-11-6-13-12-5(15-6)3-14(2)4-7(8,9)10/h3-4H2,1-2H3,(H,11,13). The van der Waals surface area contributed by atoms with E-state index in [-0.39, 0.29) is 6.54 Å². The molecule has 0 atom stereocenters. The van der Waals surface area contributed by atoms with Crippen LogP contribution in [-0.2, 0) is 6.54 Å². The average molecular weight is 240 g/mol. The Bertz CT molecular complexity index is 311. The molecule has 0 aromatic carbocycles. The van der Waals surface area contributed by atoms with Crippen LogP contribution in [0, 0.1) is 0 Å². The molecular weight excluding hydrogens is 229 g/mol. The SMILES string of the molecule is CNc1nnc(CN(C)CC(F)(F)F)s1. The molecule has 0 saturated carbocycles. The summed E-state index contributed by atoms with van der Waals surface area (Å²) >= 11 is 1.24. The molecule has 0 radical (unpaired) electrons. The van der Waals surface area contributed by atoms with Crippen molar-refractivity contribution in [1.29, 1.82) is 0 Å². The van der Waals surface area contributed by atoms with Crippen LogP contribution >= 0.6 is 11.3 Å². The largest absolute Gasteiger partial charge is 0.401 e. The Morgan fingerprint density at radius 2 is 2.07 bits per heavy atom. The summed E-state index contributed by atoms with van der Waals surface area (Å²) in [5.74, 6) is 0. The summed E-state index contributed by atoms with van der Waals surface area (Å²) < 4.78 is 36.0. The van der Waals surface area contributed by atoms with Crippen LogP contribution in [0.2, 0.25) is 0 Å². The van der Waals surface area contributed by atoms with Gasteiger partial charge in [-0.15, -0.1) is 10.2 Å². The molecule has 86 valence electrons. The smallest absolute Gasteiger partial charge is 0.363 e. The number of nitrogens with zero attached hydrogens (tertiary/aromatic N) is 3. The minimum absolute atomic E-state index is 0.152. The van der Waals surface area contributed by atoms with Gasteiger partial charge in [0.2, 0.25) is 5.13 Å². The molecule has 0 aliphatic rings. The molecule has 1 N–H and O–H groups in total. The Kier molecular flexibility index (Phi) is 3.86. The maximum atomic E-state index is 12.0. The van der Waals surface area contributed by atoms with Gasteiger partial charge in [0.05, 0.1) is 13.1 Å². The van der Waals surface area contributed by atoms with Crippen LogP contribution in [-0.4, -0.2) is 41.9 Å². The van der Waals surface area contributed by atoms with Crippen molar-refractivity contribution in [3.8, 4) is 0 Å². The third kappa shape index (κ3) is 4.43. The van der Waals surface area contributed by atoms with Gasteiger partial charge in [0, 0.05) is 7.05 Å². The van der Waals surface area contributed by atoms with Crippen LogP contribution in [0.15, 0.2) is 0 Å². The van der Waals surface area contributed by atoms with E-state index >= 15 is 0 Å². The third-order valence-electron chi connectivity index (χ3n) is 1.54. The fourth-order valence-corrected chi connectivity index (χ4v) is 1.78. The maximum absolute atomic E-state index is 12.0. The molecule has 15 heavy (non-hydrogen) atoms. The van der Waals surface area contributed by atoms with E-state index < -0.39 is 12.7 Å². The maximum Gasteiger partial charge on any atom is 0.401 e. The highest BCUT2D eigenvalue weighted by Gasteiger charge is 2.29. The fourth-order valence-electron chi connectivity index (χ4n) is 1.01. The number of aromatic nitrogens is 2. The molecule has 0 spiro atoms. The quantitative estimate of drug-likeness (QED) is 0.867. The van der Waals surface area contributed by atoms with Crippen molar-refractivity contribution >= 4 is 16.5 Å². The van der Waals surface area contributed by atoms with Crippen LogP contribution in [0.4, 0.5) is 18.3 Å². The van der Waals surface area contributed by atoms with Crippen LogP contribution < -0.4 is 5.32 Å². The molecule has 0 aliphatic heterocycles. The van der Waals surface area contributed by atoms with E-state index in [1.54, 1.807) is 7.05 Å². The normalized spacial score (nSPS) is 12.1. The van der Waals surface area contributed by atoms with Crippen molar-refractivity contribution in [3.63, 3.8) is 0 Å². The predicted molar refractivity (Wildman–Crippen MR) is 51.8 cm³/mol. The van der Waals surface area contributed by atoms with Crippen molar-refractivity contribution in [2.24, 2.45) is 0 Å². The Hall–Kier alpha value is -0.890. The molecule has 0 bridgehead atoms. The molecule has 0 saturated heterocycles. The highest BCUT2D eigenvalue weighted by atomic mass is 32.1. The minimum Gasteiger partial charge on any atom is -0.363 e. The molecule has 1 aromatic heterocycles. The van der Waals surface area contributed by atoms with Crippen LogP contribution in [0.5, 0.6) is 0 Å². The van der Waals surface area contributed by atoms with Crippen molar-refractivity contribution < 1.29 is 13.2 Å². The van der Waals surface area contributed by atoms with Gasteiger partial charge in [-0.1, -0.05) is 11.3 Å². The van der Waals surface area contributed by atoms with Gasteiger partial charge in [-0.2, -0.15) is 13.2 Å². The van der Waals surface area contributed by atoms with Crippen molar-refractivity contribution in [3.05, 3.63) is 5.01 Å². The first-order valence-corrected chi connectivity index (χ1v) is 4.98. The fraction of sp³-hybridized carbons (Fsp3) is 0.714. The number of hydrogen-bond acceptors (Lipinski definition) is 5. The third-order valence-corrected chi connectivity index (χ3v) is 2.46. The molecule has 0 fully saturated rings. The lowest BCUT2D eigenvalue weighted by atomic mass is 10.5. The second kappa shape index (κ2) is 4.75. The summed E-state index contributed by atoms with van der Waals surface area (Å²) in [6.07, 6.45) is -4.18. The van der Waals surface area contributed by atoms with E-state index in [1.165, 1.54) is 18.4 Å². The molecule has 1 aromatic rings. The summed E-state index contributed by atoms with van der Waals surface area (Å²) in [5.41, 5.74) is 0. The first-order chi connectivity index (χ1) is 6.90. The highest BCUT2D eigenvalue weighted by Crippen LogP contribution is 2.19. The first-order valence-electron chi connectivity index (χ1n) is 4.16. The Labute approximate surface area is 89.1 Å². The van der Waals surface area contributed by atoms with Crippen LogP contribution in [0.25, 0.3) is 0 Å². The zero-order valence-corrected chi connectivity index (χ0v) is 9.11. The average Bonchev–Trinajstić information content (AvgIpc) is 2.48. The molecule has 1 heterocycles. The van der Waals surface area contributed by atoms with E-state index in [2.05, 4.69) is 15.5 Å². The van der Waals surface area contributed by atoms with Crippen LogP contribution in [0.3, 0.4) is 0 Å². The first kappa shape index (κ1) is 12.2. The number of halogens is 3. The monoisotopic (exact) mass is 240 g/mol. The number of alkyl halides is 3. The zero-order valence-electron chi connectivity index (χ0n) is 8.30. The number of hydrogen-bond donors (Lipinski definition) is 1. The Morgan fingerprint density at radius 3 is 2.53 bits per heavy atom. The lowest BCUT2D eigenvalue weighted by Gasteiger charge is -2.16. The number of anilines is 1. The molecular formula is C7H11F3N4S. The molecule has 4 nitrogen and oxygen atoms in total. The van der Waals surface area contributed by atoms with E-state index in [1.807, 2.05) is 0 Å². The van der Waals surface area contributed by atoms with E-state index in [0.29, 0.717) is 10.1 Å². The summed E-state index contributed by atoms with van der Waals surface area (Å²) in [7, 11) is 3.08. The van der Waals surface area contributed by atoms with Crippen LogP contribution in [0.1, 0.15) is 5.01 Å². The minimum atomic E-state index is -4.18. The molecule has 0 unspecified atom stereocenters. The topological polar surface area (TPSA) is 41.1 Å². The van der Waals surface area contributed by atoms with E-state index in [0.717, 1.165) is 4.90 Å². The van der Waals surface area contributed by atoms with E-state index in [4.69, 9.17) is 0 Å². The number of nitrogens with one attached hydrogen (secondary N) is 1. The lowest BCUT2D eigenvalue weighted by Crippen LogP contribution is -2.30. The molecule has 8 heteroatoms. The number of rotatable bonds is 4. The van der Waals surface area contributed by atoms with Gasteiger partial charge in [-0.3, -0.25) is 4.90 Å². The summed E-state index contributed by atoms with van der Waals surface area (Å²) in [4.78, 5) is 1.15. The van der Waals surface area contributed by atoms with Gasteiger partial charge >= 0.3 is 6.18 Å². The van der Waals surface area contributed by atoms with Crippen molar-refractivity contribution in [2.75, 3.05) is 26.0 Å². The highest BCUT2D eigenvalue weighted by molar-refractivity contribution is 7.15. The molecule has 0 aliphatic carbocycles.